The second-order valence-electron chi connectivity index (χ2n) is 4.47. The van der Waals surface area contributed by atoms with Crippen LogP contribution in [0.25, 0.3) is 0 Å². The van der Waals surface area contributed by atoms with Gasteiger partial charge in [0.1, 0.15) is 0 Å². The summed E-state index contributed by atoms with van der Waals surface area (Å²) in [5.41, 5.74) is 0. The standard InChI is InChI=1S/C12H21NO2/c1-13(9-5-8-12(14)15)10-11-6-3-2-4-7-11/h5,8,11H,2-4,6-7,9-10H2,1H3,(H,14,15)/b8-5+. The zero-order chi connectivity index (χ0) is 11.1. The number of nitrogens with zero attached hydrogens (tertiary/aromatic N) is 1. The molecule has 3 heteroatoms. The van der Waals surface area contributed by atoms with Gasteiger partial charge in [-0.15, -0.1) is 0 Å². The first-order valence-electron chi connectivity index (χ1n) is 5.76. The van der Waals surface area contributed by atoms with Crippen LogP contribution in [0, 0.1) is 5.92 Å². The molecule has 1 saturated carbocycles. The first kappa shape index (κ1) is 12.2. The highest BCUT2D eigenvalue weighted by atomic mass is 16.4. The van der Waals surface area contributed by atoms with E-state index in [2.05, 4.69) is 11.9 Å². The van der Waals surface area contributed by atoms with Gasteiger partial charge in [0.25, 0.3) is 0 Å². The van der Waals surface area contributed by atoms with E-state index in [1.807, 2.05) is 0 Å². The predicted molar refractivity (Wildman–Crippen MR) is 60.8 cm³/mol. The van der Waals surface area contributed by atoms with E-state index in [0.717, 1.165) is 19.0 Å². The molecule has 0 aromatic rings. The molecule has 1 aliphatic rings. The van der Waals surface area contributed by atoms with Crippen LogP contribution in [0.15, 0.2) is 12.2 Å². The Bertz CT molecular complexity index is 220. The van der Waals surface area contributed by atoms with Crippen LogP contribution in [0.1, 0.15) is 32.1 Å². The van der Waals surface area contributed by atoms with Gasteiger partial charge in [-0.05, 0) is 25.8 Å². The molecule has 0 amide bonds. The van der Waals surface area contributed by atoms with Crippen molar-refractivity contribution in [3.05, 3.63) is 12.2 Å². The lowest BCUT2D eigenvalue weighted by Gasteiger charge is -2.26. The van der Waals surface area contributed by atoms with Gasteiger partial charge in [0, 0.05) is 19.2 Å². The molecule has 0 atom stereocenters. The molecule has 0 aromatic heterocycles. The molecule has 0 radical (unpaired) electrons. The molecule has 1 fully saturated rings. The molecule has 1 rings (SSSR count). The second-order valence-corrected chi connectivity index (χ2v) is 4.47. The molecule has 1 aliphatic carbocycles. The van der Waals surface area contributed by atoms with Gasteiger partial charge in [-0.3, -0.25) is 0 Å². The van der Waals surface area contributed by atoms with Crippen LogP contribution >= 0.6 is 0 Å². The fourth-order valence-electron chi connectivity index (χ4n) is 2.22. The largest absolute Gasteiger partial charge is 0.478 e. The molecule has 0 heterocycles. The summed E-state index contributed by atoms with van der Waals surface area (Å²) in [5, 5.41) is 8.44. The maximum atomic E-state index is 10.3. The van der Waals surface area contributed by atoms with Crippen molar-refractivity contribution in [3.63, 3.8) is 0 Å². The summed E-state index contributed by atoms with van der Waals surface area (Å²) in [6, 6.07) is 0. The molecule has 0 unspecified atom stereocenters. The van der Waals surface area contributed by atoms with Crippen molar-refractivity contribution in [3.8, 4) is 0 Å². The molecular weight excluding hydrogens is 190 g/mol. The number of carbonyl (C=O) groups is 1. The topological polar surface area (TPSA) is 40.5 Å². The molecule has 1 N–H and O–H groups in total. The van der Waals surface area contributed by atoms with Crippen molar-refractivity contribution >= 4 is 5.97 Å². The lowest BCUT2D eigenvalue weighted by molar-refractivity contribution is -0.131. The Balaban J connectivity index is 2.16. The molecule has 0 aliphatic heterocycles. The fraction of sp³-hybridized carbons (Fsp3) is 0.750. The van der Waals surface area contributed by atoms with Crippen molar-refractivity contribution in [2.24, 2.45) is 5.92 Å². The Kier molecular flexibility index (Phi) is 5.40. The van der Waals surface area contributed by atoms with Gasteiger partial charge in [0.05, 0.1) is 0 Å². The van der Waals surface area contributed by atoms with Crippen LogP contribution in [-0.2, 0) is 4.79 Å². The summed E-state index contributed by atoms with van der Waals surface area (Å²) in [6.45, 7) is 1.84. The smallest absolute Gasteiger partial charge is 0.328 e. The van der Waals surface area contributed by atoms with E-state index in [1.165, 1.54) is 38.2 Å². The van der Waals surface area contributed by atoms with Gasteiger partial charge in [-0.1, -0.05) is 25.3 Å². The SMILES string of the molecule is CN(C/C=C/C(=O)O)CC1CCCCC1. The number of aliphatic carboxylic acids is 1. The summed E-state index contributed by atoms with van der Waals surface area (Å²) in [7, 11) is 2.06. The van der Waals surface area contributed by atoms with E-state index in [0.29, 0.717) is 0 Å². The van der Waals surface area contributed by atoms with E-state index in [-0.39, 0.29) is 0 Å². The Hall–Kier alpha value is -0.830. The average Bonchev–Trinajstić information content (AvgIpc) is 2.18. The molecule has 0 spiro atoms. The highest BCUT2D eigenvalue weighted by Crippen LogP contribution is 2.23. The minimum absolute atomic E-state index is 0.739. The molecule has 86 valence electrons. The zero-order valence-corrected chi connectivity index (χ0v) is 9.48. The Morgan fingerprint density at radius 2 is 2.07 bits per heavy atom. The van der Waals surface area contributed by atoms with Gasteiger partial charge < -0.3 is 10.0 Å². The van der Waals surface area contributed by atoms with Crippen molar-refractivity contribution in [2.45, 2.75) is 32.1 Å². The number of hydrogen-bond acceptors (Lipinski definition) is 2. The van der Waals surface area contributed by atoms with E-state index in [1.54, 1.807) is 6.08 Å². The zero-order valence-electron chi connectivity index (χ0n) is 9.48. The molecule has 15 heavy (non-hydrogen) atoms. The van der Waals surface area contributed by atoms with Gasteiger partial charge in [-0.2, -0.15) is 0 Å². The van der Waals surface area contributed by atoms with Crippen LogP contribution in [0.3, 0.4) is 0 Å². The minimum Gasteiger partial charge on any atom is -0.478 e. The number of hydrogen-bond donors (Lipinski definition) is 1. The highest BCUT2D eigenvalue weighted by Gasteiger charge is 2.14. The van der Waals surface area contributed by atoms with Gasteiger partial charge >= 0.3 is 5.97 Å². The summed E-state index contributed by atoms with van der Waals surface area (Å²) in [6.07, 6.45) is 9.73. The third-order valence-electron chi connectivity index (χ3n) is 2.97. The third-order valence-corrected chi connectivity index (χ3v) is 2.97. The highest BCUT2D eigenvalue weighted by molar-refractivity contribution is 5.79. The van der Waals surface area contributed by atoms with Crippen LogP contribution in [-0.4, -0.2) is 36.1 Å². The van der Waals surface area contributed by atoms with Crippen molar-refractivity contribution in [1.82, 2.24) is 4.90 Å². The third kappa shape index (κ3) is 5.57. The molecular formula is C12H21NO2. The fourth-order valence-corrected chi connectivity index (χ4v) is 2.22. The van der Waals surface area contributed by atoms with E-state index < -0.39 is 5.97 Å². The first-order chi connectivity index (χ1) is 7.18. The first-order valence-corrected chi connectivity index (χ1v) is 5.76. The monoisotopic (exact) mass is 211 g/mol. The summed E-state index contributed by atoms with van der Waals surface area (Å²) < 4.78 is 0. The quantitative estimate of drug-likeness (QED) is 0.708. The van der Waals surface area contributed by atoms with Gasteiger partial charge in [0.15, 0.2) is 0 Å². The summed E-state index contributed by atoms with van der Waals surface area (Å²) in [4.78, 5) is 12.5. The van der Waals surface area contributed by atoms with Gasteiger partial charge in [-0.25, -0.2) is 4.79 Å². The molecule has 3 nitrogen and oxygen atoms in total. The number of carboxylic acid groups (broad SMARTS) is 1. The van der Waals surface area contributed by atoms with Gasteiger partial charge in [0.2, 0.25) is 0 Å². The Labute approximate surface area is 91.8 Å². The van der Waals surface area contributed by atoms with Crippen LogP contribution < -0.4 is 0 Å². The van der Waals surface area contributed by atoms with E-state index in [9.17, 15) is 4.79 Å². The number of rotatable bonds is 5. The summed E-state index contributed by atoms with van der Waals surface area (Å²) in [5.74, 6) is -0.0388. The minimum atomic E-state index is -0.860. The maximum Gasteiger partial charge on any atom is 0.328 e. The van der Waals surface area contributed by atoms with Crippen molar-refractivity contribution < 1.29 is 9.90 Å². The van der Waals surface area contributed by atoms with Crippen LogP contribution in [0.4, 0.5) is 0 Å². The Morgan fingerprint density at radius 3 is 2.67 bits per heavy atom. The number of carboxylic acids is 1. The average molecular weight is 211 g/mol. The lowest BCUT2D eigenvalue weighted by atomic mass is 9.89. The predicted octanol–water partition coefficient (Wildman–Crippen LogP) is 2.14. The summed E-state index contributed by atoms with van der Waals surface area (Å²) >= 11 is 0. The van der Waals surface area contributed by atoms with Crippen molar-refractivity contribution in [1.29, 1.82) is 0 Å². The molecule has 0 aromatic carbocycles. The normalized spacial score (nSPS) is 18.8. The van der Waals surface area contributed by atoms with E-state index in [4.69, 9.17) is 5.11 Å². The molecule has 0 saturated heterocycles. The van der Waals surface area contributed by atoms with Crippen LogP contribution in [0.5, 0.6) is 0 Å². The van der Waals surface area contributed by atoms with Crippen molar-refractivity contribution in [2.75, 3.05) is 20.1 Å². The Morgan fingerprint density at radius 1 is 1.40 bits per heavy atom. The second kappa shape index (κ2) is 6.62. The lowest BCUT2D eigenvalue weighted by Crippen LogP contribution is -2.27. The molecule has 0 bridgehead atoms. The number of likely N-dealkylation sites (N-methyl/N-ethyl adjacent to an activating group) is 1. The van der Waals surface area contributed by atoms with Crippen LogP contribution in [0.2, 0.25) is 0 Å². The maximum absolute atomic E-state index is 10.3. The van der Waals surface area contributed by atoms with E-state index >= 15 is 0 Å².